The van der Waals surface area contributed by atoms with Crippen LogP contribution in [-0.2, 0) is 4.79 Å². The Kier molecular flexibility index (Phi) is 4.74. The van der Waals surface area contributed by atoms with Crippen LogP contribution in [0.25, 0.3) is 0 Å². The summed E-state index contributed by atoms with van der Waals surface area (Å²) < 4.78 is 0. The molecule has 0 spiro atoms. The molecule has 1 atom stereocenters. The Morgan fingerprint density at radius 1 is 1.22 bits per heavy atom. The number of benzene rings is 1. The van der Waals surface area contributed by atoms with Crippen molar-refractivity contribution in [3.63, 3.8) is 0 Å². The molecule has 0 aliphatic carbocycles. The van der Waals surface area contributed by atoms with E-state index in [-0.39, 0.29) is 11.9 Å². The highest BCUT2D eigenvalue weighted by Gasteiger charge is 2.08. The van der Waals surface area contributed by atoms with Gasteiger partial charge >= 0.3 is 0 Å². The third-order valence-electron chi connectivity index (χ3n) is 2.41. The van der Waals surface area contributed by atoms with Crippen molar-refractivity contribution in [2.45, 2.75) is 39.5 Å². The molecule has 1 N–H and O–H groups in total. The van der Waals surface area contributed by atoms with Gasteiger partial charge in [-0.2, -0.15) is 0 Å². The van der Waals surface area contributed by atoms with Crippen molar-refractivity contribution in [2.24, 2.45) is 0 Å². The zero-order valence-electron chi connectivity index (χ0n) is 11.8. The Bertz CT molecular complexity index is 474. The van der Waals surface area contributed by atoms with Crippen molar-refractivity contribution < 1.29 is 4.79 Å². The van der Waals surface area contributed by atoms with Gasteiger partial charge in [0.1, 0.15) is 8.07 Å². The molecule has 1 aromatic rings. The predicted octanol–water partition coefficient (Wildman–Crippen LogP) is 3.11. The second-order valence-electron chi connectivity index (χ2n) is 5.54. The Balaban J connectivity index is 2.79. The van der Waals surface area contributed by atoms with Crippen molar-refractivity contribution in [1.82, 2.24) is 5.32 Å². The lowest BCUT2D eigenvalue weighted by Crippen LogP contribution is -2.23. The summed E-state index contributed by atoms with van der Waals surface area (Å²) in [7, 11) is -1.32. The first-order chi connectivity index (χ1) is 8.28. The van der Waals surface area contributed by atoms with Crippen molar-refractivity contribution in [2.75, 3.05) is 0 Å². The number of nitrogens with one attached hydrogen (secondary N) is 1. The first kappa shape index (κ1) is 14.5. The van der Waals surface area contributed by atoms with Gasteiger partial charge in [0.05, 0.1) is 6.04 Å². The average Bonchev–Trinajstić information content (AvgIpc) is 2.25. The van der Waals surface area contributed by atoms with E-state index < -0.39 is 8.07 Å². The number of carbonyl (C=O) groups excluding carboxylic acids is 1. The SMILES string of the molecule is CC(=O)N[C@@H](C)c1ccc(C#C[Si](C)(C)C)cc1. The number of hydrogen-bond acceptors (Lipinski definition) is 1. The molecule has 0 saturated heterocycles. The summed E-state index contributed by atoms with van der Waals surface area (Å²) in [6.07, 6.45) is 0. The van der Waals surface area contributed by atoms with E-state index in [0.717, 1.165) is 11.1 Å². The molecule has 18 heavy (non-hydrogen) atoms. The van der Waals surface area contributed by atoms with Gasteiger partial charge in [-0.1, -0.05) is 37.7 Å². The van der Waals surface area contributed by atoms with Crippen LogP contribution in [-0.4, -0.2) is 14.0 Å². The molecule has 3 heteroatoms. The molecule has 0 radical (unpaired) electrons. The third kappa shape index (κ3) is 5.20. The zero-order chi connectivity index (χ0) is 13.8. The fraction of sp³-hybridized carbons (Fsp3) is 0.400. The smallest absolute Gasteiger partial charge is 0.217 e. The maximum absolute atomic E-state index is 11.0. The highest BCUT2D eigenvalue weighted by Crippen LogP contribution is 2.13. The monoisotopic (exact) mass is 259 g/mol. The van der Waals surface area contributed by atoms with Gasteiger partial charge < -0.3 is 5.32 Å². The molecule has 0 aromatic heterocycles. The van der Waals surface area contributed by atoms with Gasteiger partial charge in [0.15, 0.2) is 0 Å². The van der Waals surface area contributed by atoms with Crippen LogP contribution >= 0.6 is 0 Å². The average molecular weight is 259 g/mol. The minimum Gasteiger partial charge on any atom is -0.350 e. The Hall–Kier alpha value is -1.53. The molecule has 0 aliphatic rings. The summed E-state index contributed by atoms with van der Waals surface area (Å²) in [6.45, 7) is 10.2. The Morgan fingerprint density at radius 2 is 1.78 bits per heavy atom. The van der Waals surface area contributed by atoms with Crippen LogP contribution in [0, 0.1) is 11.5 Å². The first-order valence-corrected chi connectivity index (χ1v) is 9.68. The lowest BCUT2D eigenvalue weighted by molar-refractivity contribution is -0.119. The molecule has 0 aliphatic heterocycles. The zero-order valence-corrected chi connectivity index (χ0v) is 12.8. The van der Waals surface area contributed by atoms with Gasteiger partial charge in [-0.05, 0) is 24.6 Å². The lowest BCUT2D eigenvalue weighted by atomic mass is 10.1. The molecule has 1 amide bonds. The van der Waals surface area contributed by atoms with E-state index in [0.29, 0.717) is 0 Å². The summed E-state index contributed by atoms with van der Waals surface area (Å²) in [5, 5.41) is 2.87. The van der Waals surface area contributed by atoms with E-state index in [1.807, 2.05) is 31.2 Å². The lowest BCUT2D eigenvalue weighted by Gasteiger charge is -2.12. The van der Waals surface area contributed by atoms with Crippen molar-refractivity contribution in [3.8, 4) is 11.5 Å². The third-order valence-corrected chi connectivity index (χ3v) is 3.29. The van der Waals surface area contributed by atoms with Crippen LogP contribution in [0.4, 0.5) is 0 Å². The van der Waals surface area contributed by atoms with E-state index in [1.54, 1.807) is 0 Å². The molecule has 2 nitrogen and oxygen atoms in total. The molecule has 1 aromatic carbocycles. The van der Waals surface area contributed by atoms with Crippen molar-refractivity contribution >= 4 is 14.0 Å². The minimum absolute atomic E-state index is 0.00917. The molecule has 0 saturated carbocycles. The molecule has 0 unspecified atom stereocenters. The van der Waals surface area contributed by atoms with Crippen LogP contribution in [0.3, 0.4) is 0 Å². The highest BCUT2D eigenvalue weighted by atomic mass is 28.3. The fourth-order valence-electron chi connectivity index (χ4n) is 1.50. The molecular formula is C15H21NOSi. The van der Waals surface area contributed by atoms with Crippen LogP contribution in [0.2, 0.25) is 19.6 Å². The number of amides is 1. The van der Waals surface area contributed by atoms with Gasteiger partial charge in [-0.15, -0.1) is 5.54 Å². The standard InChI is InChI=1S/C15H21NOSi/c1-12(16-13(2)17)15-8-6-14(7-9-15)10-11-18(3,4)5/h6-9,12H,1-5H3,(H,16,17)/t12-/m0/s1. The predicted molar refractivity (Wildman–Crippen MR) is 78.9 cm³/mol. The van der Waals surface area contributed by atoms with Gasteiger partial charge in [0.25, 0.3) is 0 Å². The number of hydrogen-bond donors (Lipinski definition) is 1. The maximum atomic E-state index is 11.0. The summed E-state index contributed by atoms with van der Waals surface area (Å²) in [6, 6.07) is 8.12. The van der Waals surface area contributed by atoms with Crippen molar-refractivity contribution in [1.29, 1.82) is 0 Å². The van der Waals surface area contributed by atoms with E-state index in [1.165, 1.54) is 6.92 Å². The highest BCUT2D eigenvalue weighted by molar-refractivity contribution is 6.83. The number of carbonyl (C=O) groups is 1. The molecule has 0 fully saturated rings. The summed E-state index contributed by atoms with van der Waals surface area (Å²) in [5.74, 6) is 3.21. The van der Waals surface area contributed by atoms with Crippen LogP contribution in [0.1, 0.15) is 31.0 Å². The largest absolute Gasteiger partial charge is 0.350 e. The maximum Gasteiger partial charge on any atom is 0.217 e. The molecule has 0 bridgehead atoms. The summed E-state index contributed by atoms with van der Waals surface area (Å²) in [4.78, 5) is 11.0. The van der Waals surface area contributed by atoms with Gasteiger partial charge in [-0.25, -0.2) is 0 Å². The molecular weight excluding hydrogens is 238 g/mol. The van der Waals surface area contributed by atoms with Gasteiger partial charge in [0.2, 0.25) is 5.91 Å². The quantitative estimate of drug-likeness (QED) is 0.642. The second kappa shape index (κ2) is 5.88. The fourth-order valence-corrected chi connectivity index (χ4v) is 2.02. The van der Waals surface area contributed by atoms with Crippen molar-refractivity contribution in [3.05, 3.63) is 35.4 Å². The Labute approximate surface area is 111 Å². The first-order valence-electron chi connectivity index (χ1n) is 6.18. The summed E-state index contributed by atoms with van der Waals surface area (Å²) in [5.41, 5.74) is 5.48. The van der Waals surface area contributed by atoms with E-state index in [9.17, 15) is 4.79 Å². The minimum atomic E-state index is -1.32. The molecule has 1 rings (SSSR count). The molecule has 0 heterocycles. The van der Waals surface area contributed by atoms with Crippen LogP contribution in [0.5, 0.6) is 0 Å². The number of rotatable bonds is 2. The van der Waals surface area contributed by atoms with Crippen LogP contribution < -0.4 is 5.32 Å². The van der Waals surface area contributed by atoms with Gasteiger partial charge in [-0.3, -0.25) is 4.79 Å². The van der Waals surface area contributed by atoms with E-state index in [4.69, 9.17) is 0 Å². The summed E-state index contributed by atoms with van der Waals surface area (Å²) >= 11 is 0. The van der Waals surface area contributed by atoms with Crippen LogP contribution in [0.15, 0.2) is 24.3 Å². The van der Waals surface area contributed by atoms with E-state index >= 15 is 0 Å². The topological polar surface area (TPSA) is 29.1 Å². The molecule has 96 valence electrons. The Morgan fingerprint density at radius 3 is 2.22 bits per heavy atom. The second-order valence-corrected chi connectivity index (χ2v) is 10.3. The van der Waals surface area contributed by atoms with Gasteiger partial charge in [0, 0.05) is 12.5 Å². The normalized spacial score (nSPS) is 12.3. The van der Waals surface area contributed by atoms with E-state index in [2.05, 4.69) is 36.4 Å².